The van der Waals surface area contributed by atoms with E-state index >= 15 is 0 Å². The Hall–Kier alpha value is -1.55. The predicted molar refractivity (Wildman–Crippen MR) is 80.1 cm³/mol. The molecule has 4 rings (SSSR count). The third-order valence-electron chi connectivity index (χ3n) is 4.42. The molecule has 1 aliphatic heterocycles. The molecule has 20 heavy (non-hydrogen) atoms. The first-order chi connectivity index (χ1) is 9.78. The minimum absolute atomic E-state index is 0.577. The van der Waals surface area contributed by atoms with Crippen LogP contribution < -0.4 is 5.32 Å². The summed E-state index contributed by atoms with van der Waals surface area (Å²) >= 11 is 0. The third-order valence-corrected chi connectivity index (χ3v) is 4.42. The standard InChI is InChI=1S/C16H21N3O/c1-19-8-6-12(7-9-19)17-13-4-5-15-14(10-13)18-16(20-15)11-2-3-11/h4-5,10-12,17H,2-3,6-9H2,1H3. The highest BCUT2D eigenvalue weighted by molar-refractivity contribution is 5.77. The lowest BCUT2D eigenvalue weighted by Crippen LogP contribution is -2.36. The lowest BCUT2D eigenvalue weighted by Gasteiger charge is -2.30. The number of nitrogens with one attached hydrogen (secondary N) is 1. The van der Waals surface area contributed by atoms with Gasteiger partial charge in [-0.3, -0.25) is 0 Å². The van der Waals surface area contributed by atoms with Crippen LogP contribution >= 0.6 is 0 Å². The largest absolute Gasteiger partial charge is 0.440 e. The molecular weight excluding hydrogens is 250 g/mol. The fraction of sp³-hybridized carbons (Fsp3) is 0.562. The van der Waals surface area contributed by atoms with Crippen molar-refractivity contribution in [3.05, 3.63) is 24.1 Å². The van der Waals surface area contributed by atoms with E-state index in [1.807, 2.05) is 6.07 Å². The molecule has 0 spiro atoms. The molecule has 2 heterocycles. The van der Waals surface area contributed by atoms with Crippen LogP contribution in [0.25, 0.3) is 11.1 Å². The summed E-state index contributed by atoms with van der Waals surface area (Å²) in [6.45, 7) is 2.35. The Kier molecular flexibility index (Phi) is 2.91. The van der Waals surface area contributed by atoms with Crippen LogP contribution in [0.15, 0.2) is 22.6 Å². The molecule has 0 atom stereocenters. The number of likely N-dealkylation sites (tertiary alicyclic amines) is 1. The number of hydrogen-bond donors (Lipinski definition) is 1. The minimum atomic E-state index is 0.577. The maximum atomic E-state index is 5.81. The van der Waals surface area contributed by atoms with Crippen LogP contribution in [0.3, 0.4) is 0 Å². The van der Waals surface area contributed by atoms with E-state index < -0.39 is 0 Å². The summed E-state index contributed by atoms with van der Waals surface area (Å²) in [5.74, 6) is 1.50. The Morgan fingerprint density at radius 3 is 2.75 bits per heavy atom. The molecule has 4 heteroatoms. The molecule has 1 aromatic carbocycles. The summed E-state index contributed by atoms with van der Waals surface area (Å²) < 4.78 is 5.81. The normalized spacial score (nSPS) is 21.4. The van der Waals surface area contributed by atoms with Crippen LogP contribution in [0.1, 0.15) is 37.5 Å². The molecular formula is C16H21N3O. The zero-order valence-electron chi connectivity index (χ0n) is 11.9. The van der Waals surface area contributed by atoms with Gasteiger partial charge in [0.05, 0.1) is 0 Å². The summed E-state index contributed by atoms with van der Waals surface area (Å²) in [5.41, 5.74) is 3.08. The molecule has 1 aliphatic carbocycles. The highest BCUT2D eigenvalue weighted by Crippen LogP contribution is 2.40. The number of aromatic nitrogens is 1. The molecule has 0 radical (unpaired) electrons. The van der Waals surface area contributed by atoms with E-state index in [9.17, 15) is 0 Å². The Morgan fingerprint density at radius 2 is 2.00 bits per heavy atom. The van der Waals surface area contributed by atoms with E-state index in [2.05, 4.69) is 34.4 Å². The van der Waals surface area contributed by atoms with Crippen molar-refractivity contribution < 1.29 is 4.42 Å². The van der Waals surface area contributed by atoms with Gasteiger partial charge in [0, 0.05) is 17.6 Å². The first kappa shape index (κ1) is 12.2. The van der Waals surface area contributed by atoms with Crippen molar-refractivity contribution in [2.75, 3.05) is 25.5 Å². The fourth-order valence-corrected chi connectivity index (χ4v) is 2.93. The number of nitrogens with zero attached hydrogens (tertiary/aromatic N) is 2. The zero-order valence-corrected chi connectivity index (χ0v) is 11.9. The maximum Gasteiger partial charge on any atom is 0.198 e. The lowest BCUT2D eigenvalue weighted by molar-refractivity contribution is 0.264. The number of rotatable bonds is 3. The van der Waals surface area contributed by atoms with Gasteiger partial charge in [-0.15, -0.1) is 0 Å². The van der Waals surface area contributed by atoms with Gasteiger partial charge in [-0.05, 0) is 64.0 Å². The molecule has 1 aromatic heterocycles. The van der Waals surface area contributed by atoms with Crippen molar-refractivity contribution in [3.63, 3.8) is 0 Å². The van der Waals surface area contributed by atoms with E-state index in [-0.39, 0.29) is 0 Å². The van der Waals surface area contributed by atoms with Crippen LogP contribution in [0.5, 0.6) is 0 Å². The van der Waals surface area contributed by atoms with Gasteiger partial charge in [0.1, 0.15) is 5.52 Å². The van der Waals surface area contributed by atoms with Crippen molar-refractivity contribution in [1.29, 1.82) is 0 Å². The second-order valence-electron chi connectivity index (χ2n) is 6.23. The van der Waals surface area contributed by atoms with Crippen LogP contribution in [0, 0.1) is 0 Å². The summed E-state index contributed by atoms with van der Waals surface area (Å²) in [6, 6.07) is 6.87. The lowest BCUT2D eigenvalue weighted by atomic mass is 10.1. The number of benzene rings is 1. The third kappa shape index (κ3) is 2.40. The highest BCUT2D eigenvalue weighted by Gasteiger charge is 2.28. The molecule has 0 bridgehead atoms. The van der Waals surface area contributed by atoms with Gasteiger partial charge >= 0.3 is 0 Å². The smallest absolute Gasteiger partial charge is 0.198 e. The molecule has 1 saturated heterocycles. The van der Waals surface area contributed by atoms with Crippen LogP contribution in [-0.4, -0.2) is 36.1 Å². The quantitative estimate of drug-likeness (QED) is 0.930. The topological polar surface area (TPSA) is 41.3 Å². The number of piperidine rings is 1. The van der Waals surface area contributed by atoms with Crippen molar-refractivity contribution in [2.24, 2.45) is 0 Å². The van der Waals surface area contributed by atoms with Gasteiger partial charge in [-0.2, -0.15) is 0 Å². The van der Waals surface area contributed by atoms with Gasteiger partial charge in [0.2, 0.25) is 0 Å². The van der Waals surface area contributed by atoms with Crippen molar-refractivity contribution >= 4 is 16.8 Å². The monoisotopic (exact) mass is 271 g/mol. The van der Waals surface area contributed by atoms with Crippen molar-refractivity contribution in [2.45, 2.75) is 37.6 Å². The molecule has 2 fully saturated rings. The number of fused-ring (bicyclic) bond motifs is 1. The Morgan fingerprint density at radius 1 is 1.20 bits per heavy atom. The van der Waals surface area contributed by atoms with Gasteiger partial charge in [0.15, 0.2) is 11.5 Å². The average molecular weight is 271 g/mol. The van der Waals surface area contributed by atoms with E-state index in [1.54, 1.807) is 0 Å². The van der Waals surface area contributed by atoms with Crippen molar-refractivity contribution in [3.8, 4) is 0 Å². The summed E-state index contributed by atoms with van der Waals surface area (Å²) in [6.07, 6.45) is 4.88. The summed E-state index contributed by atoms with van der Waals surface area (Å²) in [7, 11) is 2.19. The van der Waals surface area contributed by atoms with Crippen LogP contribution in [0.4, 0.5) is 5.69 Å². The number of hydrogen-bond acceptors (Lipinski definition) is 4. The second kappa shape index (κ2) is 4.77. The summed E-state index contributed by atoms with van der Waals surface area (Å²) in [5, 5.41) is 3.64. The van der Waals surface area contributed by atoms with Gasteiger partial charge in [-0.1, -0.05) is 0 Å². The van der Waals surface area contributed by atoms with Crippen LogP contribution in [-0.2, 0) is 0 Å². The molecule has 2 aliphatic rings. The second-order valence-corrected chi connectivity index (χ2v) is 6.23. The highest BCUT2D eigenvalue weighted by atomic mass is 16.3. The van der Waals surface area contributed by atoms with Gasteiger partial charge in [-0.25, -0.2) is 4.98 Å². The first-order valence-corrected chi connectivity index (χ1v) is 7.63. The molecule has 1 saturated carbocycles. The van der Waals surface area contributed by atoms with E-state index in [1.165, 1.54) is 44.5 Å². The molecule has 0 amide bonds. The summed E-state index contributed by atoms with van der Waals surface area (Å²) in [4.78, 5) is 7.02. The predicted octanol–water partition coefficient (Wildman–Crippen LogP) is 3.21. The SMILES string of the molecule is CN1CCC(Nc2ccc3oc(C4CC4)nc3c2)CC1. The molecule has 2 aromatic rings. The Labute approximate surface area is 119 Å². The first-order valence-electron chi connectivity index (χ1n) is 7.63. The number of anilines is 1. The molecule has 106 valence electrons. The van der Waals surface area contributed by atoms with Crippen molar-refractivity contribution in [1.82, 2.24) is 9.88 Å². The zero-order chi connectivity index (χ0) is 13.5. The maximum absolute atomic E-state index is 5.81. The molecule has 0 unspecified atom stereocenters. The number of oxazole rings is 1. The Balaban J connectivity index is 1.51. The van der Waals surface area contributed by atoms with Gasteiger partial charge < -0.3 is 14.6 Å². The van der Waals surface area contributed by atoms with Gasteiger partial charge in [0.25, 0.3) is 0 Å². The van der Waals surface area contributed by atoms with E-state index in [4.69, 9.17) is 4.42 Å². The molecule has 4 nitrogen and oxygen atoms in total. The minimum Gasteiger partial charge on any atom is -0.440 e. The fourth-order valence-electron chi connectivity index (χ4n) is 2.93. The van der Waals surface area contributed by atoms with Crippen LogP contribution in [0.2, 0.25) is 0 Å². The Bertz CT molecular complexity index is 609. The van der Waals surface area contributed by atoms with E-state index in [0.29, 0.717) is 12.0 Å². The van der Waals surface area contributed by atoms with E-state index in [0.717, 1.165) is 17.0 Å². The average Bonchev–Trinajstić information content (AvgIpc) is 3.21. The molecule has 1 N–H and O–H groups in total.